The maximum absolute atomic E-state index is 13.2. The summed E-state index contributed by atoms with van der Waals surface area (Å²) in [5.41, 5.74) is 1.10. The summed E-state index contributed by atoms with van der Waals surface area (Å²) in [6, 6.07) is 7.11. The Kier molecular flexibility index (Phi) is 5.09. The smallest absolute Gasteiger partial charge is 0.191 e. The second-order valence-electron chi connectivity index (χ2n) is 7.33. The van der Waals surface area contributed by atoms with E-state index in [4.69, 9.17) is 4.74 Å². The molecule has 2 aliphatic rings. The van der Waals surface area contributed by atoms with Crippen LogP contribution in [0.2, 0.25) is 0 Å². The van der Waals surface area contributed by atoms with Crippen molar-refractivity contribution in [2.45, 2.75) is 45.8 Å². The quantitative estimate of drug-likeness (QED) is 0.643. The molecule has 1 saturated heterocycles. The van der Waals surface area contributed by atoms with Gasteiger partial charge in [0.2, 0.25) is 0 Å². The Hall–Kier alpha value is -1.62. The molecule has 0 aromatic heterocycles. The Labute approximate surface area is 143 Å². The number of ether oxygens (including phenoxy) is 1. The van der Waals surface area contributed by atoms with Gasteiger partial charge in [-0.3, -0.25) is 4.99 Å². The summed E-state index contributed by atoms with van der Waals surface area (Å²) in [4.78, 5) is 4.67. The molecular weight excluding hydrogens is 305 g/mol. The number of benzene rings is 1. The zero-order valence-corrected chi connectivity index (χ0v) is 14.8. The van der Waals surface area contributed by atoms with Crippen LogP contribution in [0.4, 0.5) is 4.39 Å². The van der Waals surface area contributed by atoms with Crippen LogP contribution < -0.4 is 10.6 Å². The van der Waals surface area contributed by atoms with E-state index in [1.165, 1.54) is 6.07 Å². The fourth-order valence-electron chi connectivity index (χ4n) is 4.07. The molecule has 1 aromatic rings. The number of guanidine groups is 1. The van der Waals surface area contributed by atoms with E-state index < -0.39 is 0 Å². The Bertz CT molecular complexity index is 602. The van der Waals surface area contributed by atoms with Crippen molar-refractivity contribution in [3.05, 3.63) is 35.6 Å². The predicted octanol–water partition coefficient (Wildman–Crippen LogP) is 2.74. The molecule has 132 valence electrons. The van der Waals surface area contributed by atoms with E-state index in [9.17, 15) is 4.39 Å². The molecule has 2 fully saturated rings. The maximum Gasteiger partial charge on any atom is 0.191 e. The number of halogens is 1. The third-order valence-electron chi connectivity index (χ3n) is 5.30. The summed E-state index contributed by atoms with van der Waals surface area (Å²) in [6.45, 7) is 8.91. The van der Waals surface area contributed by atoms with Gasteiger partial charge in [0.25, 0.3) is 0 Å². The van der Waals surface area contributed by atoms with Crippen LogP contribution in [0.1, 0.15) is 32.8 Å². The van der Waals surface area contributed by atoms with Gasteiger partial charge in [-0.2, -0.15) is 0 Å². The molecule has 2 N–H and O–H groups in total. The third-order valence-corrected chi connectivity index (χ3v) is 5.30. The molecule has 3 atom stereocenters. The third kappa shape index (κ3) is 3.41. The van der Waals surface area contributed by atoms with Crippen LogP contribution in [0.15, 0.2) is 29.3 Å². The Morgan fingerprint density at radius 1 is 1.42 bits per heavy atom. The molecule has 3 unspecified atom stereocenters. The Balaban J connectivity index is 1.60. The van der Waals surface area contributed by atoms with Crippen molar-refractivity contribution in [2.24, 2.45) is 16.3 Å². The van der Waals surface area contributed by atoms with Crippen molar-refractivity contribution in [1.29, 1.82) is 0 Å². The molecule has 1 aliphatic heterocycles. The lowest BCUT2D eigenvalue weighted by atomic mass is 9.57. The number of nitrogens with one attached hydrogen (secondary N) is 2. The van der Waals surface area contributed by atoms with Gasteiger partial charge in [-0.15, -0.1) is 0 Å². The molecular formula is C19H28FN3O. The highest BCUT2D eigenvalue weighted by Gasteiger charge is 2.59. The van der Waals surface area contributed by atoms with Crippen LogP contribution in [-0.2, 0) is 11.2 Å². The fraction of sp³-hybridized carbons (Fsp3) is 0.632. The molecule has 0 bridgehead atoms. The highest BCUT2D eigenvalue weighted by Crippen LogP contribution is 2.52. The summed E-state index contributed by atoms with van der Waals surface area (Å²) < 4.78 is 19.1. The van der Waals surface area contributed by atoms with Crippen molar-refractivity contribution < 1.29 is 9.13 Å². The standard InChI is InChI=1S/C19H28FN3O/c1-4-21-18(22-10-8-13-6-5-7-14(20)12-13)23-16-15-9-11-24-17(15)19(16,2)3/h5-7,12,15-17H,4,8-11H2,1-3H3,(H2,21,22,23). The van der Waals surface area contributed by atoms with Gasteiger partial charge in [0.05, 0.1) is 6.10 Å². The summed E-state index contributed by atoms with van der Waals surface area (Å²) in [7, 11) is 0. The molecule has 1 heterocycles. The van der Waals surface area contributed by atoms with E-state index >= 15 is 0 Å². The van der Waals surface area contributed by atoms with Crippen molar-refractivity contribution in [3.8, 4) is 0 Å². The molecule has 0 radical (unpaired) electrons. The monoisotopic (exact) mass is 333 g/mol. The minimum absolute atomic E-state index is 0.125. The summed E-state index contributed by atoms with van der Waals surface area (Å²) in [5.74, 6) is 1.23. The van der Waals surface area contributed by atoms with E-state index in [2.05, 4.69) is 36.4 Å². The molecule has 24 heavy (non-hydrogen) atoms. The summed E-state index contributed by atoms with van der Waals surface area (Å²) >= 11 is 0. The molecule has 4 nitrogen and oxygen atoms in total. The van der Waals surface area contributed by atoms with Crippen LogP contribution >= 0.6 is 0 Å². The molecule has 1 aromatic carbocycles. The van der Waals surface area contributed by atoms with Gasteiger partial charge in [0.15, 0.2) is 5.96 Å². The fourth-order valence-corrected chi connectivity index (χ4v) is 4.07. The first-order valence-corrected chi connectivity index (χ1v) is 8.93. The first-order chi connectivity index (χ1) is 11.5. The lowest BCUT2D eigenvalue weighted by Crippen LogP contribution is -2.68. The van der Waals surface area contributed by atoms with Crippen LogP contribution in [0.5, 0.6) is 0 Å². The first kappa shape index (κ1) is 17.2. The second-order valence-corrected chi connectivity index (χ2v) is 7.33. The molecule has 3 rings (SSSR count). The summed E-state index contributed by atoms with van der Waals surface area (Å²) in [6.07, 6.45) is 2.22. The average Bonchev–Trinajstić information content (AvgIpc) is 2.99. The number of rotatable bonds is 5. The zero-order chi connectivity index (χ0) is 17.2. The molecule has 0 amide bonds. The average molecular weight is 333 g/mol. The maximum atomic E-state index is 13.2. The van der Waals surface area contributed by atoms with E-state index in [0.717, 1.165) is 37.5 Å². The number of aliphatic imine (C=N–C) groups is 1. The van der Waals surface area contributed by atoms with E-state index in [1.54, 1.807) is 12.1 Å². The first-order valence-electron chi connectivity index (χ1n) is 8.93. The van der Waals surface area contributed by atoms with E-state index in [0.29, 0.717) is 24.6 Å². The highest BCUT2D eigenvalue weighted by molar-refractivity contribution is 5.80. The molecule has 0 spiro atoms. The second kappa shape index (κ2) is 7.09. The minimum Gasteiger partial charge on any atom is -0.377 e. The lowest BCUT2D eigenvalue weighted by Gasteiger charge is -2.54. The highest BCUT2D eigenvalue weighted by atomic mass is 19.1. The van der Waals surface area contributed by atoms with Gasteiger partial charge in [0, 0.05) is 37.1 Å². The molecule has 1 aliphatic carbocycles. The van der Waals surface area contributed by atoms with Gasteiger partial charge in [-0.05, 0) is 37.5 Å². The minimum atomic E-state index is -0.190. The van der Waals surface area contributed by atoms with Crippen molar-refractivity contribution in [1.82, 2.24) is 10.6 Å². The number of nitrogens with zero attached hydrogens (tertiary/aromatic N) is 1. The van der Waals surface area contributed by atoms with Gasteiger partial charge in [-0.25, -0.2) is 4.39 Å². The van der Waals surface area contributed by atoms with E-state index in [1.807, 2.05) is 6.07 Å². The molecule has 5 heteroatoms. The van der Waals surface area contributed by atoms with Crippen LogP contribution in [0.3, 0.4) is 0 Å². The normalized spacial score (nSPS) is 28.2. The van der Waals surface area contributed by atoms with Crippen LogP contribution in [-0.4, -0.2) is 37.8 Å². The van der Waals surface area contributed by atoms with Crippen molar-refractivity contribution in [2.75, 3.05) is 19.7 Å². The SMILES string of the molecule is CCNC(=NCCc1cccc(F)c1)NC1C2CCOC2C1(C)C. The largest absolute Gasteiger partial charge is 0.377 e. The van der Waals surface area contributed by atoms with Gasteiger partial charge >= 0.3 is 0 Å². The van der Waals surface area contributed by atoms with Crippen molar-refractivity contribution >= 4 is 5.96 Å². The number of hydrogen-bond acceptors (Lipinski definition) is 2. The predicted molar refractivity (Wildman–Crippen MR) is 94.6 cm³/mol. The molecule has 1 saturated carbocycles. The zero-order valence-electron chi connectivity index (χ0n) is 14.8. The lowest BCUT2D eigenvalue weighted by molar-refractivity contribution is -0.106. The topological polar surface area (TPSA) is 45.7 Å². The van der Waals surface area contributed by atoms with Crippen LogP contribution in [0.25, 0.3) is 0 Å². The van der Waals surface area contributed by atoms with Crippen molar-refractivity contribution in [3.63, 3.8) is 0 Å². The summed E-state index contributed by atoms with van der Waals surface area (Å²) in [5, 5.41) is 6.92. The van der Waals surface area contributed by atoms with Crippen LogP contribution in [0, 0.1) is 17.2 Å². The Morgan fingerprint density at radius 2 is 2.25 bits per heavy atom. The number of fused-ring (bicyclic) bond motifs is 1. The van der Waals surface area contributed by atoms with E-state index in [-0.39, 0.29) is 11.2 Å². The van der Waals surface area contributed by atoms with Gasteiger partial charge in [-0.1, -0.05) is 26.0 Å². The Morgan fingerprint density at radius 3 is 3.00 bits per heavy atom. The number of hydrogen-bond donors (Lipinski definition) is 2. The van der Waals surface area contributed by atoms with Gasteiger partial charge < -0.3 is 15.4 Å². The van der Waals surface area contributed by atoms with Gasteiger partial charge in [0.1, 0.15) is 5.82 Å².